The van der Waals surface area contributed by atoms with E-state index in [-0.39, 0.29) is 18.0 Å². The fraction of sp³-hybridized carbons (Fsp3) is 0.467. The van der Waals surface area contributed by atoms with Crippen LogP contribution in [0, 0.1) is 17.8 Å². The molecule has 1 heterocycles. The molecule has 0 aliphatic heterocycles. The molecule has 0 atom stereocenters. The molecule has 4 nitrogen and oxygen atoms in total. The van der Waals surface area contributed by atoms with E-state index < -0.39 is 0 Å². The summed E-state index contributed by atoms with van der Waals surface area (Å²) in [6.45, 7) is 4.37. The zero-order valence-electron chi connectivity index (χ0n) is 11.4. The Labute approximate surface area is 113 Å². The molecule has 0 radical (unpaired) electrons. The normalized spacial score (nSPS) is 14.5. The van der Waals surface area contributed by atoms with Crippen molar-refractivity contribution >= 4 is 5.91 Å². The van der Waals surface area contributed by atoms with Gasteiger partial charge in [-0.15, -0.1) is 0 Å². The Morgan fingerprint density at radius 1 is 1.58 bits per heavy atom. The number of nitrogens with one attached hydrogen (secondary N) is 1. The maximum atomic E-state index is 12.3. The third-order valence-corrected chi connectivity index (χ3v) is 3.38. The second-order valence-corrected chi connectivity index (χ2v) is 5.36. The molecule has 1 aliphatic rings. The minimum atomic E-state index is -0.187. The van der Waals surface area contributed by atoms with Gasteiger partial charge in [-0.3, -0.25) is 4.79 Å². The number of nitrogens with two attached hydrogens (primary N) is 1. The molecule has 0 unspecified atom stereocenters. The van der Waals surface area contributed by atoms with Crippen LogP contribution < -0.4 is 11.1 Å². The largest absolute Gasteiger partial charge is 0.346 e. The van der Waals surface area contributed by atoms with Gasteiger partial charge < -0.3 is 11.1 Å². The van der Waals surface area contributed by atoms with Crippen molar-refractivity contribution in [3.05, 3.63) is 29.6 Å². The van der Waals surface area contributed by atoms with E-state index in [4.69, 9.17) is 5.73 Å². The number of nitrogens with zero attached hydrogens (tertiary/aromatic N) is 1. The summed E-state index contributed by atoms with van der Waals surface area (Å²) in [5.74, 6) is 6.04. The number of hydrogen-bond acceptors (Lipinski definition) is 3. The van der Waals surface area contributed by atoms with Crippen molar-refractivity contribution < 1.29 is 4.79 Å². The molecule has 4 heteroatoms. The Hall–Kier alpha value is -1.86. The predicted octanol–water partition coefficient (Wildman–Crippen LogP) is 1.31. The van der Waals surface area contributed by atoms with E-state index in [1.54, 1.807) is 18.3 Å². The number of carbonyl (C=O) groups is 1. The van der Waals surface area contributed by atoms with Gasteiger partial charge in [0.2, 0.25) is 0 Å². The summed E-state index contributed by atoms with van der Waals surface area (Å²) in [6.07, 6.45) is 3.96. The lowest BCUT2D eigenvalue weighted by Gasteiger charge is -2.26. The maximum Gasteiger partial charge on any atom is 0.271 e. The van der Waals surface area contributed by atoms with E-state index in [1.165, 1.54) is 12.8 Å². The van der Waals surface area contributed by atoms with Crippen molar-refractivity contribution in [2.45, 2.75) is 32.2 Å². The topological polar surface area (TPSA) is 68.0 Å². The minimum absolute atomic E-state index is 0.168. The predicted molar refractivity (Wildman–Crippen MR) is 74.4 cm³/mol. The molecular weight excluding hydrogens is 238 g/mol. The van der Waals surface area contributed by atoms with Crippen LogP contribution in [0.15, 0.2) is 18.3 Å². The molecule has 1 aromatic heterocycles. The molecule has 1 aromatic rings. The van der Waals surface area contributed by atoms with Gasteiger partial charge in [0.25, 0.3) is 5.91 Å². The van der Waals surface area contributed by atoms with Gasteiger partial charge in [-0.25, -0.2) is 4.98 Å². The second kappa shape index (κ2) is 5.41. The van der Waals surface area contributed by atoms with Gasteiger partial charge in [-0.1, -0.05) is 11.8 Å². The highest BCUT2D eigenvalue weighted by atomic mass is 16.2. The van der Waals surface area contributed by atoms with Crippen molar-refractivity contribution in [2.24, 2.45) is 11.7 Å². The third-order valence-electron chi connectivity index (χ3n) is 3.38. The first kappa shape index (κ1) is 13.6. The number of hydrogen-bond donors (Lipinski definition) is 2. The van der Waals surface area contributed by atoms with Crippen LogP contribution in [0.1, 0.15) is 42.7 Å². The Morgan fingerprint density at radius 2 is 2.32 bits per heavy atom. The van der Waals surface area contributed by atoms with Gasteiger partial charge in [0.1, 0.15) is 5.69 Å². The minimum Gasteiger partial charge on any atom is -0.346 e. The first-order valence-corrected chi connectivity index (χ1v) is 6.51. The molecule has 1 saturated carbocycles. The summed E-state index contributed by atoms with van der Waals surface area (Å²) in [6, 6.07) is 3.55. The highest BCUT2D eigenvalue weighted by molar-refractivity contribution is 5.95. The standard InChI is InChI=1S/C15H19N3O/c1-15(2,12-7-8-12)18-14(19)13-11(5-3-9-16)6-4-10-17-13/h4,6,10,12H,7-9,16H2,1-2H3,(H,18,19). The lowest BCUT2D eigenvalue weighted by atomic mass is 9.98. The van der Waals surface area contributed by atoms with Crippen molar-refractivity contribution in [3.8, 4) is 11.8 Å². The van der Waals surface area contributed by atoms with Crippen LogP contribution in [0.2, 0.25) is 0 Å². The molecule has 3 N–H and O–H groups in total. The average molecular weight is 257 g/mol. The van der Waals surface area contributed by atoms with E-state index >= 15 is 0 Å². The Bertz CT molecular complexity index is 536. The van der Waals surface area contributed by atoms with E-state index in [9.17, 15) is 4.79 Å². The zero-order chi connectivity index (χ0) is 13.9. The molecule has 100 valence electrons. The number of carbonyl (C=O) groups excluding carboxylic acids is 1. The van der Waals surface area contributed by atoms with Crippen LogP contribution in [0.5, 0.6) is 0 Å². The molecule has 0 bridgehead atoms. The van der Waals surface area contributed by atoms with Crippen LogP contribution in [0.4, 0.5) is 0 Å². The summed E-state index contributed by atoms with van der Waals surface area (Å²) >= 11 is 0. The van der Waals surface area contributed by atoms with Gasteiger partial charge in [0.05, 0.1) is 12.1 Å². The van der Waals surface area contributed by atoms with Crippen LogP contribution >= 0.6 is 0 Å². The van der Waals surface area contributed by atoms with E-state index in [0.717, 1.165) is 0 Å². The summed E-state index contributed by atoms with van der Waals surface area (Å²) in [7, 11) is 0. The van der Waals surface area contributed by atoms with Crippen LogP contribution in [-0.2, 0) is 0 Å². The van der Waals surface area contributed by atoms with Crippen molar-refractivity contribution in [3.63, 3.8) is 0 Å². The van der Waals surface area contributed by atoms with Crippen molar-refractivity contribution in [1.82, 2.24) is 10.3 Å². The number of aromatic nitrogens is 1. The highest BCUT2D eigenvalue weighted by Crippen LogP contribution is 2.39. The number of pyridine rings is 1. The summed E-state index contributed by atoms with van der Waals surface area (Å²) < 4.78 is 0. The number of amides is 1. The summed E-state index contributed by atoms with van der Waals surface area (Å²) in [4.78, 5) is 16.4. The lowest BCUT2D eigenvalue weighted by Crippen LogP contribution is -2.45. The first-order valence-electron chi connectivity index (χ1n) is 6.51. The Balaban J connectivity index is 2.19. The molecule has 0 spiro atoms. The van der Waals surface area contributed by atoms with Crippen molar-refractivity contribution in [1.29, 1.82) is 0 Å². The summed E-state index contributed by atoms with van der Waals surface area (Å²) in [5, 5.41) is 3.05. The number of rotatable bonds is 3. The van der Waals surface area contributed by atoms with E-state index in [1.807, 2.05) is 0 Å². The molecule has 19 heavy (non-hydrogen) atoms. The molecule has 0 saturated heterocycles. The molecule has 2 rings (SSSR count). The SMILES string of the molecule is CC(C)(NC(=O)c1ncccc1C#CCN)C1CC1. The monoisotopic (exact) mass is 257 g/mol. The van der Waals surface area contributed by atoms with Crippen molar-refractivity contribution in [2.75, 3.05) is 6.54 Å². The first-order chi connectivity index (χ1) is 9.04. The van der Waals surface area contributed by atoms with Crippen LogP contribution in [0.25, 0.3) is 0 Å². The van der Waals surface area contributed by atoms with Crippen LogP contribution in [0.3, 0.4) is 0 Å². The van der Waals surface area contributed by atoms with Gasteiger partial charge >= 0.3 is 0 Å². The molecule has 1 amide bonds. The second-order valence-electron chi connectivity index (χ2n) is 5.36. The van der Waals surface area contributed by atoms with E-state index in [0.29, 0.717) is 17.2 Å². The molecule has 0 aromatic carbocycles. The smallest absolute Gasteiger partial charge is 0.271 e. The Morgan fingerprint density at radius 3 is 2.95 bits per heavy atom. The lowest BCUT2D eigenvalue weighted by molar-refractivity contribution is 0.0898. The molecule has 1 aliphatic carbocycles. The van der Waals surface area contributed by atoms with Gasteiger partial charge in [0.15, 0.2) is 0 Å². The molecule has 1 fully saturated rings. The quantitative estimate of drug-likeness (QED) is 0.802. The maximum absolute atomic E-state index is 12.3. The fourth-order valence-corrected chi connectivity index (χ4v) is 2.09. The van der Waals surface area contributed by atoms with Gasteiger partial charge in [-0.05, 0) is 44.7 Å². The fourth-order valence-electron chi connectivity index (χ4n) is 2.09. The molecular formula is C15H19N3O. The van der Waals surface area contributed by atoms with Gasteiger partial charge in [-0.2, -0.15) is 0 Å². The average Bonchev–Trinajstić information content (AvgIpc) is 3.20. The summed E-state index contributed by atoms with van der Waals surface area (Å²) in [5.41, 5.74) is 6.17. The Kier molecular flexibility index (Phi) is 3.87. The van der Waals surface area contributed by atoms with E-state index in [2.05, 4.69) is 36.0 Å². The van der Waals surface area contributed by atoms with Gasteiger partial charge in [0, 0.05) is 11.7 Å². The highest BCUT2D eigenvalue weighted by Gasteiger charge is 2.39. The third kappa shape index (κ3) is 3.33. The van der Waals surface area contributed by atoms with Crippen LogP contribution in [-0.4, -0.2) is 23.0 Å². The zero-order valence-corrected chi connectivity index (χ0v) is 11.4.